The number of hydrogen-bond donors (Lipinski definition) is 1. The molecule has 1 aliphatic rings. The maximum absolute atomic E-state index is 6.28. The van der Waals surface area contributed by atoms with Gasteiger partial charge in [0, 0.05) is 21.2 Å². The van der Waals surface area contributed by atoms with E-state index in [0.717, 1.165) is 22.3 Å². The first-order valence-electron chi connectivity index (χ1n) is 7.32. The lowest BCUT2D eigenvalue weighted by molar-refractivity contribution is 0.374. The summed E-state index contributed by atoms with van der Waals surface area (Å²) in [6.07, 6.45) is 2.30. The van der Waals surface area contributed by atoms with Crippen LogP contribution in [0.15, 0.2) is 40.9 Å². The summed E-state index contributed by atoms with van der Waals surface area (Å²) in [6, 6.07) is 13.1. The summed E-state index contributed by atoms with van der Waals surface area (Å²) in [6.45, 7) is 4.31. The zero-order chi connectivity index (χ0) is 15.0. The van der Waals surface area contributed by atoms with Crippen LogP contribution in [0.3, 0.4) is 0 Å². The standard InChI is InChI=1S/C18H19BrClN/c1-11-7-14(19)8-12(2)18(11)21-15-9-13(10-15)16-5-3-4-6-17(16)20/h3-8,13,15,21H,9-10H2,1-2H3. The molecule has 0 unspecified atom stereocenters. The second-order valence-corrected chi connectivity index (χ2v) is 7.27. The normalized spacial score (nSPS) is 21.0. The summed E-state index contributed by atoms with van der Waals surface area (Å²) in [5.41, 5.74) is 5.16. The van der Waals surface area contributed by atoms with Crippen molar-refractivity contribution < 1.29 is 0 Å². The average molecular weight is 365 g/mol. The van der Waals surface area contributed by atoms with Crippen LogP contribution in [-0.2, 0) is 0 Å². The van der Waals surface area contributed by atoms with E-state index in [0.29, 0.717) is 12.0 Å². The van der Waals surface area contributed by atoms with E-state index in [9.17, 15) is 0 Å². The van der Waals surface area contributed by atoms with E-state index in [1.54, 1.807) is 0 Å². The van der Waals surface area contributed by atoms with Crippen LogP contribution in [0.25, 0.3) is 0 Å². The summed E-state index contributed by atoms with van der Waals surface area (Å²) in [5, 5.41) is 4.60. The van der Waals surface area contributed by atoms with E-state index in [1.165, 1.54) is 22.4 Å². The smallest absolute Gasteiger partial charge is 0.0440 e. The van der Waals surface area contributed by atoms with Gasteiger partial charge in [-0.05, 0) is 67.5 Å². The number of halogens is 2. The molecule has 1 saturated carbocycles. The third-order valence-corrected chi connectivity index (χ3v) is 5.13. The first-order chi connectivity index (χ1) is 10.0. The van der Waals surface area contributed by atoms with Gasteiger partial charge in [-0.25, -0.2) is 0 Å². The van der Waals surface area contributed by atoms with E-state index in [4.69, 9.17) is 11.6 Å². The maximum Gasteiger partial charge on any atom is 0.0440 e. The first-order valence-corrected chi connectivity index (χ1v) is 8.49. The topological polar surface area (TPSA) is 12.0 Å². The van der Waals surface area contributed by atoms with Crippen LogP contribution in [0.1, 0.15) is 35.4 Å². The molecule has 21 heavy (non-hydrogen) atoms. The highest BCUT2D eigenvalue weighted by Gasteiger charge is 2.31. The highest BCUT2D eigenvalue weighted by Crippen LogP contribution is 2.42. The number of aryl methyl sites for hydroxylation is 2. The number of benzene rings is 2. The molecule has 0 heterocycles. The number of rotatable bonds is 3. The van der Waals surface area contributed by atoms with Gasteiger partial charge in [0.1, 0.15) is 0 Å². The van der Waals surface area contributed by atoms with Crippen molar-refractivity contribution in [3.05, 3.63) is 62.6 Å². The molecular formula is C18H19BrClN. The van der Waals surface area contributed by atoms with E-state index >= 15 is 0 Å². The summed E-state index contributed by atoms with van der Waals surface area (Å²) in [7, 11) is 0. The largest absolute Gasteiger partial charge is 0.382 e. The first kappa shape index (κ1) is 14.9. The Morgan fingerprint density at radius 2 is 1.71 bits per heavy atom. The van der Waals surface area contributed by atoms with Crippen molar-refractivity contribution in [3.8, 4) is 0 Å². The van der Waals surface area contributed by atoms with E-state index in [-0.39, 0.29) is 0 Å². The predicted octanol–water partition coefficient (Wildman–Crippen LogP) is 6.08. The van der Waals surface area contributed by atoms with Gasteiger partial charge in [0.05, 0.1) is 0 Å². The highest BCUT2D eigenvalue weighted by molar-refractivity contribution is 9.10. The van der Waals surface area contributed by atoms with Gasteiger partial charge in [0.15, 0.2) is 0 Å². The third kappa shape index (κ3) is 3.12. The molecule has 0 spiro atoms. The number of anilines is 1. The fraction of sp³-hybridized carbons (Fsp3) is 0.333. The van der Waals surface area contributed by atoms with Crippen LogP contribution in [0.2, 0.25) is 5.02 Å². The van der Waals surface area contributed by atoms with Gasteiger partial charge in [0.25, 0.3) is 0 Å². The molecule has 0 aromatic heterocycles. The molecule has 2 aromatic carbocycles. The van der Waals surface area contributed by atoms with Crippen LogP contribution in [0.4, 0.5) is 5.69 Å². The summed E-state index contributed by atoms with van der Waals surface area (Å²) in [4.78, 5) is 0. The summed E-state index contributed by atoms with van der Waals surface area (Å²) >= 11 is 9.83. The molecule has 1 fully saturated rings. The SMILES string of the molecule is Cc1cc(Br)cc(C)c1NC1CC(c2ccccc2Cl)C1. The molecule has 0 amide bonds. The van der Waals surface area contributed by atoms with Crippen molar-refractivity contribution in [2.75, 3.05) is 5.32 Å². The molecule has 0 saturated heterocycles. The second kappa shape index (κ2) is 6.02. The number of nitrogens with one attached hydrogen (secondary N) is 1. The fourth-order valence-corrected chi connectivity index (χ4v) is 4.12. The minimum atomic E-state index is 0.546. The van der Waals surface area contributed by atoms with Crippen molar-refractivity contribution in [1.29, 1.82) is 0 Å². The van der Waals surface area contributed by atoms with E-state index in [1.807, 2.05) is 12.1 Å². The average Bonchev–Trinajstić information content (AvgIpc) is 2.37. The lowest BCUT2D eigenvalue weighted by atomic mass is 9.75. The monoisotopic (exact) mass is 363 g/mol. The Morgan fingerprint density at radius 1 is 1.10 bits per heavy atom. The van der Waals surface area contributed by atoms with E-state index < -0.39 is 0 Å². The molecule has 0 aliphatic heterocycles. The highest BCUT2D eigenvalue weighted by atomic mass is 79.9. The van der Waals surface area contributed by atoms with Gasteiger partial charge >= 0.3 is 0 Å². The van der Waals surface area contributed by atoms with Gasteiger partial charge in [-0.1, -0.05) is 45.7 Å². The van der Waals surface area contributed by atoms with Crippen LogP contribution in [-0.4, -0.2) is 6.04 Å². The Morgan fingerprint density at radius 3 is 2.33 bits per heavy atom. The van der Waals surface area contributed by atoms with Gasteiger partial charge in [0.2, 0.25) is 0 Å². The molecule has 0 bridgehead atoms. The zero-order valence-corrected chi connectivity index (χ0v) is 14.6. The van der Waals surface area contributed by atoms with Gasteiger partial charge < -0.3 is 5.32 Å². The number of hydrogen-bond acceptors (Lipinski definition) is 1. The van der Waals surface area contributed by atoms with Crippen LogP contribution >= 0.6 is 27.5 Å². The minimum Gasteiger partial charge on any atom is -0.382 e. The molecule has 110 valence electrons. The quantitative estimate of drug-likeness (QED) is 0.696. The van der Waals surface area contributed by atoms with Crippen molar-refractivity contribution in [3.63, 3.8) is 0 Å². The van der Waals surface area contributed by atoms with Gasteiger partial charge in [-0.2, -0.15) is 0 Å². The minimum absolute atomic E-state index is 0.546. The van der Waals surface area contributed by atoms with Crippen LogP contribution in [0, 0.1) is 13.8 Å². The van der Waals surface area contributed by atoms with Gasteiger partial charge in [-0.15, -0.1) is 0 Å². The van der Waals surface area contributed by atoms with Crippen LogP contribution in [0.5, 0.6) is 0 Å². The van der Waals surface area contributed by atoms with E-state index in [2.05, 4.69) is 59.4 Å². The van der Waals surface area contributed by atoms with Crippen LogP contribution < -0.4 is 5.32 Å². The van der Waals surface area contributed by atoms with Crippen molar-refractivity contribution in [1.82, 2.24) is 0 Å². The Labute approximate surface area is 139 Å². The van der Waals surface area contributed by atoms with Crippen molar-refractivity contribution in [2.45, 2.75) is 38.6 Å². The summed E-state index contributed by atoms with van der Waals surface area (Å²) in [5.74, 6) is 0.590. The molecule has 1 nitrogen and oxygen atoms in total. The molecule has 1 aliphatic carbocycles. The Bertz CT molecular complexity index is 639. The molecule has 3 heteroatoms. The molecule has 0 radical (unpaired) electrons. The lowest BCUT2D eigenvalue weighted by Crippen LogP contribution is -2.34. The predicted molar refractivity (Wildman–Crippen MR) is 94.5 cm³/mol. The Kier molecular flexibility index (Phi) is 4.28. The Balaban J connectivity index is 1.67. The lowest BCUT2D eigenvalue weighted by Gasteiger charge is -2.38. The Hall–Kier alpha value is -0.990. The second-order valence-electron chi connectivity index (χ2n) is 5.95. The van der Waals surface area contributed by atoms with Gasteiger partial charge in [-0.3, -0.25) is 0 Å². The molecule has 1 N–H and O–H groups in total. The maximum atomic E-state index is 6.28. The zero-order valence-electron chi connectivity index (χ0n) is 12.3. The molecule has 0 atom stereocenters. The summed E-state index contributed by atoms with van der Waals surface area (Å²) < 4.78 is 1.14. The fourth-order valence-electron chi connectivity index (χ4n) is 3.14. The molecule has 2 aromatic rings. The molecule has 3 rings (SSSR count). The molecular weight excluding hydrogens is 346 g/mol. The van der Waals surface area contributed by atoms with Crippen molar-refractivity contribution >= 4 is 33.2 Å². The third-order valence-electron chi connectivity index (χ3n) is 4.33. The van der Waals surface area contributed by atoms with Crippen molar-refractivity contribution in [2.24, 2.45) is 0 Å².